The predicted molar refractivity (Wildman–Crippen MR) is 547 cm³/mol. The molecule has 5 unspecified atom stereocenters. The summed E-state index contributed by atoms with van der Waals surface area (Å²) in [5.74, 6) is 12.9. The van der Waals surface area contributed by atoms with Gasteiger partial charge in [0.2, 0.25) is 50.1 Å². The highest BCUT2D eigenvalue weighted by atomic mass is 32.2. The van der Waals surface area contributed by atoms with Crippen LogP contribution in [0.1, 0.15) is 178 Å². The Morgan fingerprint density at radius 2 is 0.524 bits per heavy atom. The molecule has 5 aromatic heterocycles. The van der Waals surface area contributed by atoms with Crippen molar-refractivity contribution in [3.63, 3.8) is 0 Å². The second-order valence-electron chi connectivity index (χ2n) is 34.8. The van der Waals surface area contributed by atoms with E-state index in [1.54, 1.807) is 140 Å². The number of terminal acetylenes is 2. The topological polar surface area (TPSA) is 561 Å². The van der Waals surface area contributed by atoms with Crippen LogP contribution in [0.3, 0.4) is 0 Å². The fraction of sp³-hybridized carbons (Fsp3) is 0.252. The van der Waals surface area contributed by atoms with Crippen molar-refractivity contribution in [3.05, 3.63) is 305 Å². The number of carbonyl (C=O) groups is 5. The van der Waals surface area contributed by atoms with Gasteiger partial charge in [-0.15, -0.1) is 31.3 Å². The number of nitriles is 5. The van der Waals surface area contributed by atoms with Crippen LogP contribution in [0.2, 0.25) is 0 Å². The molecule has 35 nitrogen and oxygen atoms in total. The van der Waals surface area contributed by atoms with Gasteiger partial charge in [0, 0.05) is 126 Å². The normalized spacial score (nSPS) is 18.0. The maximum atomic E-state index is 13.1. The van der Waals surface area contributed by atoms with Crippen LogP contribution < -0.4 is 23.6 Å². The van der Waals surface area contributed by atoms with E-state index in [4.69, 9.17) is 12.8 Å². The van der Waals surface area contributed by atoms with E-state index in [0.717, 1.165) is 27.8 Å². The number of hydrogen-bond acceptors (Lipinski definition) is 25. The number of aliphatic hydroxyl groups excluding tert-OH is 5. The van der Waals surface area contributed by atoms with Crippen LogP contribution >= 0.6 is 0 Å². The van der Waals surface area contributed by atoms with E-state index in [1.165, 1.54) is 121 Å². The molecule has 5 aliphatic rings. The summed E-state index contributed by atoms with van der Waals surface area (Å²) in [5.41, 5.74) is 12.3. The minimum atomic E-state index is -3.99. The minimum Gasteiger partial charge on any atom is -0.387 e. The standard InChI is InChI=1S/2C22H21N3O4S.C21H21N3O4S.2C21H19N3O4S/c2*1-4-5-19(26)18-9-8-17-21(30(28,29)24-18)13-25(3)22(17)20(27)11-15-7-6-14(2)16(10-15)12-23;3*1-4-18(25)17-8-7-16-20(29(27,28)23-17)12-24(3)21(16)19(26)10-14-6-5-13(2)15(9-14)11-22/h2*6-10,13,18-19,24,26H,11H2,1-3H3;4-9,12,17-18,23,25H,1,10H2,2-3H3;2*1,5-9,12,17-18,23,25H,10H2,2-3H3/t2*18-,19?;3*17-,18?/m10110/s1. The number of aromatic nitrogens is 5. The highest BCUT2D eigenvalue weighted by Crippen LogP contribution is 2.36. The summed E-state index contributed by atoms with van der Waals surface area (Å²) < 4.78 is 147. The molecular weight excluding hydrogens is 1980 g/mol. The number of fused-ring (bicyclic) bond motifs is 5. The fourth-order valence-corrected chi connectivity index (χ4v) is 23.9. The quantitative estimate of drug-likeness (QED) is 0.0186. The van der Waals surface area contributed by atoms with Gasteiger partial charge in [-0.2, -0.15) is 26.3 Å². The Morgan fingerprint density at radius 3 is 0.701 bits per heavy atom. The number of hydrogen-bond donors (Lipinski definition) is 10. The number of rotatable bonds is 21. The van der Waals surface area contributed by atoms with Gasteiger partial charge in [-0.25, -0.2) is 65.7 Å². The lowest BCUT2D eigenvalue weighted by Gasteiger charge is -2.16. The number of ketones is 5. The largest absolute Gasteiger partial charge is 0.387 e. The first kappa shape index (κ1) is 112. The van der Waals surface area contributed by atoms with E-state index in [0.29, 0.717) is 55.6 Å². The molecule has 10 atom stereocenters. The van der Waals surface area contributed by atoms with Gasteiger partial charge in [0.05, 0.1) is 123 Å². The summed E-state index contributed by atoms with van der Waals surface area (Å²) in [6.07, 6.45) is 27.3. The molecule has 0 aliphatic carbocycles. The molecule has 5 aliphatic heterocycles. The van der Waals surface area contributed by atoms with E-state index in [-0.39, 0.29) is 142 Å². The molecule has 0 saturated heterocycles. The summed E-state index contributed by atoms with van der Waals surface area (Å²) in [7, 11) is -11.9. The van der Waals surface area contributed by atoms with E-state index >= 15 is 0 Å². The third-order valence-electron chi connectivity index (χ3n) is 24.3. The second-order valence-corrected chi connectivity index (χ2v) is 43.2. The molecule has 0 spiro atoms. The second kappa shape index (κ2) is 46.6. The van der Waals surface area contributed by atoms with Crippen molar-refractivity contribution in [2.24, 2.45) is 35.2 Å². The monoisotopic (exact) mass is 2080 g/mol. The summed E-state index contributed by atoms with van der Waals surface area (Å²) in [6.45, 7) is 15.6. The first-order chi connectivity index (χ1) is 69.4. The number of aryl methyl sites for hydroxylation is 10. The average Bonchev–Trinajstić information content (AvgIpc) is 1.63. The zero-order valence-corrected chi connectivity index (χ0v) is 85.5. The zero-order valence-electron chi connectivity index (χ0n) is 81.4. The highest BCUT2D eigenvalue weighted by Gasteiger charge is 2.39. The number of aliphatic hydroxyl groups is 5. The lowest BCUT2D eigenvalue weighted by atomic mass is 10.00. The number of nitrogens with one attached hydrogen (secondary N) is 5. The first-order valence-corrected chi connectivity index (χ1v) is 52.2. The van der Waals surface area contributed by atoms with Gasteiger partial charge >= 0.3 is 0 Å². The zero-order chi connectivity index (χ0) is 108. The molecule has 10 aromatic rings. The van der Waals surface area contributed by atoms with Gasteiger partial charge in [-0.05, 0) is 134 Å². The van der Waals surface area contributed by atoms with E-state index in [1.807, 2.05) is 34.6 Å². The molecular formula is C107H101N15O20S5. The minimum absolute atomic E-state index is 0.0109. The Hall–Kier alpha value is -15.7. The molecule has 0 amide bonds. The van der Waals surface area contributed by atoms with Crippen LogP contribution in [0.25, 0.3) is 30.4 Å². The molecule has 147 heavy (non-hydrogen) atoms. The SMILES string of the molecule is C#CC(O)[C@@H]1C=Cc2c(cn(C)c2C(=O)Cc2ccc(C)c(C#N)c2)S(=O)(=O)N1.C#CC(O)[C@H]1C=Cc2c(cn(C)c2C(=O)Cc2ccc(C)c(C#N)c2)S(=O)(=O)N1.C=CC(O)[C@H]1C=Cc2c(cn(C)c2C(=O)Cc2ccc(C)c(C#N)c2)S(=O)(=O)N1.CC#CC(O)[C@@H]1C=Cc2c(cn(C)c2C(=O)Cc2ccc(C)c(C#N)c2)S(=O)(=O)N1.CC#CC(O)[C@H]1C=Cc2c(cn(C)c2C(=O)Cc2ccc(C)c(C#N)c2)S(=O)(=O)N1. The Bertz CT molecular complexity index is 7950. The first-order valence-electron chi connectivity index (χ1n) is 44.8. The van der Waals surface area contributed by atoms with Gasteiger partial charge < -0.3 is 48.4 Å². The van der Waals surface area contributed by atoms with Crippen LogP contribution in [0.5, 0.6) is 0 Å². The average molecular weight is 2080 g/mol. The lowest BCUT2D eigenvalue weighted by molar-refractivity contribution is 0.0976. The molecule has 10 heterocycles. The van der Waals surface area contributed by atoms with Gasteiger partial charge in [-0.3, -0.25) is 24.0 Å². The number of Topliss-reactive ketones (excluding diaryl/α,β-unsaturated/α-hetero) is 5. The van der Waals surface area contributed by atoms with Crippen LogP contribution in [-0.2, 0) is 117 Å². The molecule has 0 saturated carbocycles. The Labute approximate surface area is 852 Å². The van der Waals surface area contributed by atoms with Crippen LogP contribution in [0.15, 0.2) is 189 Å². The van der Waals surface area contributed by atoms with Gasteiger partial charge in [-0.1, -0.05) is 151 Å². The van der Waals surface area contributed by atoms with Gasteiger partial charge in [0.1, 0.15) is 48.9 Å². The number of carbonyl (C=O) groups excluding carboxylic acids is 5. The molecule has 754 valence electrons. The Kier molecular flexibility index (Phi) is 35.4. The molecule has 0 fully saturated rings. The third-order valence-corrected chi connectivity index (χ3v) is 31.8. The van der Waals surface area contributed by atoms with Gasteiger partial charge in [0.25, 0.3) is 0 Å². The van der Waals surface area contributed by atoms with Crippen molar-refractivity contribution in [1.29, 1.82) is 26.3 Å². The van der Waals surface area contributed by atoms with Crippen LogP contribution in [0.4, 0.5) is 0 Å². The smallest absolute Gasteiger partial charge is 0.243 e. The summed E-state index contributed by atoms with van der Waals surface area (Å²) in [5, 5.41) is 95.8. The van der Waals surface area contributed by atoms with Crippen molar-refractivity contribution in [2.75, 3.05) is 0 Å². The van der Waals surface area contributed by atoms with Gasteiger partial charge in [0.15, 0.2) is 28.9 Å². The van der Waals surface area contributed by atoms with E-state index < -0.39 is 111 Å². The molecule has 0 radical (unpaired) electrons. The van der Waals surface area contributed by atoms with E-state index in [9.17, 15) is 118 Å². The van der Waals surface area contributed by atoms with E-state index in [2.05, 4.69) is 96.1 Å². The third kappa shape index (κ3) is 25.3. The van der Waals surface area contributed by atoms with Crippen LogP contribution in [-0.4, -0.2) is 180 Å². The molecule has 15 rings (SSSR count). The summed E-state index contributed by atoms with van der Waals surface area (Å²) in [6, 6.07) is 31.8. The predicted octanol–water partition coefficient (Wildman–Crippen LogP) is 7.83. The summed E-state index contributed by atoms with van der Waals surface area (Å²) in [4.78, 5) is 65.0. The van der Waals surface area contributed by atoms with Crippen molar-refractivity contribution >= 4 is 109 Å². The molecule has 40 heteroatoms. The fourth-order valence-electron chi connectivity index (χ4n) is 16.6. The van der Waals surface area contributed by atoms with Crippen molar-refractivity contribution in [1.82, 2.24) is 46.4 Å². The van der Waals surface area contributed by atoms with Crippen molar-refractivity contribution in [3.8, 4) is 78.7 Å². The maximum Gasteiger partial charge on any atom is 0.243 e. The lowest BCUT2D eigenvalue weighted by Crippen LogP contribution is -2.40. The molecule has 5 aromatic carbocycles. The summed E-state index contributed by atoms with van der Waals surface area (Å²) >= 11 is 0. The van der Waals surface area contributed by atoms with Crippen molar-refractivity contribution in [2.45, 2.75) is 166 Å². The molecule has 0 bridgehead atoms. The Morgan fingerprint density at radius 1 is 0.340 bits per heavy atom. The number of nitrogens with zero attached hydrogens (tertiary/aromatic N) is 10. The number of sulfonamides is 5. The van der Waals surface area contributed by atoms with Crippen LogP contribution in [0, 0.1) is 140 Å². The van der Waals surface area contributed by atoms with Crippen molar-refractivity contribution < 1.29 is 91.6 Å². The number of benzene rings is 5. The Balaban J connectivity index is 0.000000175. The molecule has 10 N–H and O–H groups in total. The maximum absolute atomic E-state index is 13.1. The highest BCUT2D eigenvalue weighted by molar-refractivity contribution is 7.90.